The van der Waals surface area contributed by atoms with Crippen LogP contribution in [0.4, 0.5) is 0 Å². The molecule has 12 heteroatoms. The number of carbonyl (C=O) groups is 3. The van der Waals surface area contributed by atoms with Gasteiger partial charge in [-0.05, 0) is 13.8 Å². The number of esters is 3. The SMILES string of the molecule is CC(=O)OC[C@H]1O[C@@H](OC(C)=O)[C@H](OC(C)=O)[C@@H]1C.CC1(C)O[C@H]2O[C@H](CO)[C@@H](O)[C@H]2O1. The second-order valence-corrected chi connectivity index (χ2v) is 8.20. The predicted molar refractivity (Wildman–Crippen MR) is 104 cm³/mol. The number of hydrogen-bond donors (Lipinski definition) is 2. The molecule has 2 N–H and O–H groups in total. The molecule has 0 unspecified atom stereocenters. The van der Waals surface area contributed by atoms with Crippen LogP contribution in [0.25, 0.3) is 0 Å². The summed E-state index contributed by atoms with van der Waals surface area (Å²) in [6, 6.07) is 0. The van der Waals surface area contributed by atoms with Crippen molar-refractivity contribution in [3.8, 4) is 0 Å². The van der Waals surface area contributed by atoms with Crippen molar-refractivity contribution in [2.75, 3.05) is 13.2 Å². The summed E-state index contributed by atoms with van der Waals surface area (Å²) in [6.45, 7) is 8.87. The van der Waals surface area contributed by atoms with Gasteiger partial charge < -0.3 is 43.4 Å². The molecule has 0 amide bonds. The molecule has 12 nitrogen and oxygen atoms in total. The van der Waals surface area contributed by atoms with E-state index in [1.165, 1.54) is 20.8 Å². The molecule has 0 bridgehead atoms. The fraction of sp³-hybridized carbons (Fsp3) is 0.850. The van der Waals surface area contributed by atoms with E-state index in [0.717, 1.165) is 0 Å². The lowest BCUT2D eigenvalue weighted by Crippen LogP contribution is -2.36. The molecule has 0 aromatic heterocycles. The van der Waals surface area contributed by atoms with Crippen molar-refractivity contribution < 1.29 is 57.8 Å². The highest BCUT2D eigenvalue weighted by Gasteiger charge is 2.54. The summed E-state index contributed by atoms with van der Waals surface area (Å²) in [5.74, 6) is -2.44. The minimum absolute atomic E-state index is 0.0199. The van der Waals surface area contributed by atoms with Crippen molar-refractivity contribution >= 4 is 17.9 Å². The van der Waals surface area contributed by atoms with Crippen molar-refractivity contribution in [2.45, 2.75) is 90.4 Å². The van der Waals surface area contributed by atoms with Crippen LogP contribution in [-0.4, -0.2) is 90.2 Å². The minimum Gasteiger partial charge on any atom is -0.463 e. The molecule has 3 aliphatic heterocycles. The lowest BCUT2D eigenvalue weighted by atomic mass is 10.0. The van der Waals surface area contributed by atoms with Crippen LogP contribution in [0.15, 0.2) is 0 Å². The van der Waals surface area contributed by atoms with Gasteiger partial charge in [0.15, 0.2) is 18.2 Å². The number of hydrogen-bond acceptors (Lipinski definition) is 12. The molecule has 3 rings (SSSR count). The van der Waals surface area contributed by atoms with Crippen molar-refractivity contribution in [3.05, 3.63) is 0 Å². The zero-order valence-electron chi connectivity index (χ0n) is 19.0. The Morgan fingerprint density at radius 1 is 0.938 bits per heavy atom. The van der Waals surface area contributed by atoms with E-state index < -0.39 is 66.8 Å². The number of ether oxygens (including phenoxy) is 7. The molecular formula is C20H32O12. The Morgan fingerprint density at radius 2 is 1.56 bits per heavy atom. The third kappa shape index (κ3) is 6.83. The maximum Gasteiger partial charge on any atom is 0.305 e. The summed E-state index contributed by atoms with van der Waals surface area (Å²) < 4.78 is 36.4. The maximum absolute atomic E-state index is 11.0. The minimum atomic E-state index is -0.975. The first-order chi connectivity index (χ1) is 14.8. The van der Waals surface area contributed by atoms with Gasteiger partial charge in [0.2, 0.25) is 6.29 Å². The topological polar surface area (TPSA) is 156 Å². The first-order valence-corrected chi connectivity index (χ1v) is 10.3. The van der Waals surface area contributed by atoms with Crippen molar-refractivity contribution in [1.29, 1.82) is 0 Å². The van der Waals surface area contributed by atoms with E-state index in [9.17, 15) is 19.5 Å². The first-order valence-electron chi connectivity index (χ1n) is 10.3. The van der Waals surface area contributed by atoms with E-state index in [4.69, 9.17) is 38.3 Å². The molecule has 0 spiro atoms. The fourth-order valence-corrected chi connectivity index (χ4v) is 3.55. The number of aliphatic hydroxyl groups excluding tert-OH is 2. The number of carbonyl (C=O) groups excluding carboxylic acids is 3. The third-order valence-electron chi connectivity index (χ3n) is 5.01. The van der Waals surface area contributed by atoms with Gasteiger partial charge in [0, 0.05) is 26.7 Å². The Kier molecular flexibility index (Phi) is 8.97. The molecule has 184 valence electrons. The van der Waals surface area contributed by atoms with Gasteiger partial charge in [-0.1, -0.05) is 6.92 Å². The van der Waals surface area contributed by atoms with E-state index in [1.807, 2.05) is 0 Å². The van der Waals surface area contributed by atoms with Gasteiger partial charge in [-0.25, -0.2) is 0 Å². The van der Waals surface area contributed by atoms with Gasteiger partial charge in [-0.15, -0.1) is 0 Å². The Hall–Kier alpha value is -1.83. The van der Waals surface area contributed by atoms with Crippen LogP contribution in [0.5, 0.6) is 0 Å². The number of rotatable bonds is 5. The Bertz CT molecular complexity index is 679. The van der Waals surface area contributed by atoms with Gasteiger partial charge in [0.05, 0.1) is 6.61 Å². The van der Waals surface area contributed by atoms with Crippen LogP contribution in [0.1, 0.15) is 41.5 Å². The summed E-state index contributed by atoms with van der Waals surface area (Å²) in [5.41, 5.74) is 0. The Labute approximate surface area is 186 Å². The first kappa shape index (κ1) is 26.4. The summed E-state index contributed by atoms with van der Waals surface area (Å²) >= 11 is 0. The van der Waals surface area contributed by atoms with Crippen LogP contribution < -0.4 is 0 Å². The molecule has 8 atom stereocenters. The van der Waals surface area contributed by atoms with Crippen LogP contribution in [0.3, 0.4) is 0 Å². The van der Waals surface area contributed by atoms with E-state index >= 15 is 0 Å². The fourth-order valence-electron chi connectivity index (χ4n) is 3.55. The molecule has 0 radical (unpaired) electrons. The largest absolute Gasteiger partial charge is 0.463 e. The monoisotopic (exact) mass is 464 g/mol. The normalized spacial score (nSPS) is 37.1. The number of fused-ring (bicyclic) bond motifs is 1. The quantitative estimate of drug-likeness (QED) is 0.402. The highest BCUT2D eigenvalue weighted by atomic mass is 16.8. The predicted octanol–water partition coefficient (Wildman–Crippen LogP) is -0.379. The maximum atomic E-state index is 11.0. The zero-order chi connectivity index (χ0) is 24.2. The van der Waals surface area contributed by atoms with Crippen molar-refractivity contribution in [1.82, 2.24) is 0 Å². The average molecular weight is 464 g/mol. The molecule has 3 saturated heterocycles. The lowest BCUT2D eigenvalue weighted by Gasteiger charge is -2.21. The summed E-state index contributed by atoms with van der Waals surface area (Å²) in [4.78, 5) is 32.8. The van der Waals surface area contributed by atoms with Crippen LogP contribution in [-0.2, 0) is 47.5 Å². The standard InChI is InChI=1S/C12H18O7.C8H14O5/c1-6-10(5-16-7(2)13)19-12(18-9(4)15)11(6)17-8(3)14;1-8(2)12-6-5(10)4(3-9)11-7(6)13-8/h6,10-12H,5H2,1-4H3;4-7,9-10H,3H2,1-2H3/t6-,10-,11-,12-;4-,5-,6-,7-/m11/s1. The highest BCUT2D eigenvalue weighted by Crippen LogP contribution is 2.37. The van der Waals surface area contributed by atoms with Crippen LogP contribution in [0.2, 0.25) is 0 Å². The summed E-state index contributed by atoms with van der Waals surface area (Å²) in [7, 11) is 0. The second kappa shape index (κ2) is 10.9. The highest BCUT2D eigenvalue weighted by molar-refractivity contribution is 5.67. The molecule has 3 heterocycles. The van der Waals surface area contributed by atoms with Crippen molar-refractivity contribution in [3.63, 3.8) is 0 Å². The molecule has 3 fully saturated rings. The molecule has 32 heavy (non-hydrogen) atoms. The lowest BCUT2D eigenvalue weighted by molar-refractivity contribution is -0.218. The molecule has 0 aromatic rings. The van der Waals surface area contributed by atoms with Gasteiger partial charge in [-0.2, -0.15) is 0 Å². The van der Waals surface area contributed by atoms with E-state index in [0.29, 0.717) is 0 Å². The summed E-state index contributed by atoms with van der Waals surface area (Å²) in [6.07, 6.45) is -4.60. The second-order valence-electron chi connectivity index (χ2n) is 8.20. The molecule has 3 aliphatic rings. The Morgan fingerprint density at radius 3 is 2.06 bits per heavy atom. The van der Waals surface area contributed by atoms with Gasteiger partial charge >= 0.3 is 17.9 Å². The molecule has 0 aromatic carbocycles. The van der Waals surface area contributed by atoms with E-state index in [2.05, 4.69) is 0 Å². The smallest absolute Gasteiger partial charge is 0.305 e. The van der Waals surface area contributed by atoms with Crippen LogP contribution in [0, 0.1) is 5.92 Å². The average Bonchev–Trinajstić information content (AvgIpc) is 3.23. The van der Waals surface area contributed by atoms with E-state index in [1.54, 1.807) is 20.8 Å². The molecular weight excluding hydrogens is 432 g/mol. The van der Waals surface area contributed by atoms with Gasteiger partial charge in [-0.3, -0.25) is 14.4 Å². The summed E-state index contributed by atoms with van der Waals surface area (Å²) in [5, 5.41) is 18.4. The third-order valence-corrected chi connectivity index (χ3v) is 5.01. The van der Waals surface area contributed by atoms with Gasteiger partial charge in [0.25, 0.3) is 0 Å². The molecule has 0 aliphatic carbocycles. The zero-order valence-corrected chi connectivity index (χ0v) is 19.0. The van der Waals surface area contributed by atoms with Crippen molar-refractivity contribution in [2.24, 2.45) is 5.92 Å². The number of aliphatic hydroxyl groups is 2. The Balaban J connectivity index is 0.000000242. The van der Waals surface area contributed by atoms with Gasteiger partial charge in [0.1, 0.15) is 31.0 Å². The molecule has 0 saturated carbocycles. The van der Waals surface area contributed by atoms with Crippen LogP contribution >= 0.6 is 0 Å². The van der Waals surface area contributed by atoms with E-state index in [-0.39, 0.29) is 19.1 Å².